The summed E-state index contributed by atoms with van der Waals surface area (Å²) < 4.78 is 1.67. The highest BCUT2D eigenvalue weighted by Gasteiger charge is 2.13. The van der Waals surface area contributed by atoms with E-state index in [4.69, 9.17) is 0 Å². The van der Waals surface area contributed by atoms with Crippen LogP contribution in [0.3, 0.4) is 0 Å². The summed E-state index contributed by atoms with van der Waals surface area (Å²) in [5.74, 6) is 0. The zero-order valence-corrected chi connectivity index (χ0v) is 15.9. The van der Waals surface area contributed by atoms with E-state index >= 15 is 0 Å². The molecule has 0 saturated carbocycles. The molecule has 1 fully saturated rings. The molecule has 3 aromatic rings. The van der Waals surface area contributed by atoms with E-state index in [1.54, 1.807) is 10.5 Å². The Morgan fingerprint density at radius 1 is 1.15 bits per heavy atom. The minimum Gasteiger partial charge on any atom is -0.378 e. The van der Waals surface area contributed by atoms with E-state index in [-0.39, 0.29) is 5.56 Å². The largest absolute Gasteiger partial charge is 0.378 e. The van der Waals surface area contributed by atoms with Gasteiger partial charge in [-0.1, -0.05) is 25.0 Å². The minimum absolute atomic E-state index is 0.00801. The number of hydrogen-bond acceptors (Lipinski definition) is 5. The van der Waals surface area contributed by atoms with Gasteiger partial charge in [-0.3, -0.25) is 9.20 Å². The second kappa shape index (κ2) is 7.50. The quantitative estimate of drug-likeness (QED) is 0.755. The van der Waals surface area contributed by atoms with Gasteiger partial charge < -0.3 is 10.2 Å². The number of rotatable bonds is 4. The Morgan fingerprint density at radius 2 is 1.92 bits per heavy atom. The van der Waals surface area contributed by atoms with Gasteiger partial charge in [0.05, 0.1) is 23.6 Å². The number of aryl methyl sites for hydroxylation is 1. The lowest BCUT2D eigenvalue weighted by atomic mass is 10.2. The lowest BCUT2D eigenvalue weighted by Gasteiger charge is -2.25. The number of thiazole rings is 1. The topological polar surface area (TPSA) is 49.6 Å². The zero-order valence-electron chi connectivity index (χ0n) is 15.1. The molecular weight excluding hydrogens is 344 g/mol. The molecule has 0 unspecified atom stereocenters. The van der Waals surface area contributed by atoms with E-state index in [1.165, 1.54) is 42.7 Å². The van der Waals surface area contributed by atoms with Crippen LogP contribution in [0.15, 0.2) is 40.5 Å². The van der Waals surface area contributed by atoms with Crippen LogP contribution < -0.4 is 15.8 Å². The zero-order chi connectivity index (χ0) is 17.9. The van der Waals surface area contributed by atoms with Crippen LogP contribution in [0, 0.1) is 6.92 Å². The van der Waals surface area contributed by atoms with Gasteiger partial charge in [0.1, 0.15) is 0 Å². The number of nitrogens with zero attached hydrogens (tertiary/aromatic N) is 3. The number of nitrogens with one attached hydrogen (secondary N) is 1. The summed E-state index contributed by atoms with van der Waals surface area (Å²) in [6.07, 6.45) is 5.14. The molecule has 0 amide bonds. The number of fused-ring (bicyclic) bond motifs is 1. The lowest BCUT2D eigenvalue weighted by Crippen LogP contribution is -2.25. The molecule has 26 heavy (non-hydrogen) atoms. The maximum absolute atomic E-state index is 12.3. The van der Waals surface area contributed by atoms with E-state index < -0.39 is 0 Å². The second-order valence-corrected chi connectivity index (χ2v) is 7.69. The van der Waals surface area contributed by atoms with Crippen molar-refractivity contribution in [1.29, 1.82) is 0 Å². The van der Waals surface area contributed by atoms with Gasteiger partial charge in [0.2, 0.25) is 0 Å². The van der Waals surface area contributed by atoms with Crippen molar-refractivity contribution in [3.8, 4) is 0 Å². The molecule has 4 rings (SSSR count). The molecule has 1 aliphatic rings. The summed E-state index contributed by atoms with van der Waals surface area (Å²) >= 11 is 1.51. The Morgan fingerprint density at radius 3 is 2.73 bits per heavy atom. The van der Waals surface area contributed by atoms with Crippen molar-refractivity contribution in [2.75, 3.05) is 23.3 Å². The van der Waals surface area contributed by atoms with E-state index in [1.807, 2.05) is 12.3 Å². The molecule has 0 radical (unpaired) electrons. The Hall–Kier alpha value is -2.34. The van der Waals surface area contributed by atoms with Gasteiger partial charge in [0.15, 0.2) is 4.96 Å². The van der Waals surface area contributed by atoms with Gasteiger partial charge in [-0.2, -0.15) is 0 Å². The Kier molecular flexibility index (Phi) is 4.93. The molecule has 0 atom stereocenters. The van der Waals surface area contributed by atoms with Crippen molar-refractivity contribution in [2.24, 2.45) is 0 Å². The molecule has 1 saturated heterocycles. The standard InChI is InChI=1S/C20H24N4OS/c1-15-14-26-20-22-16(12-19(25)24(15)20)13-21-17-8-4-5-9-18(17)23-10-6-2-3-7-11-23/h4-5,8-9,12,14,21H,2-3,6-7,10-11,13H2,1H3. The Balaban J connectivity index is 1.56. The van der Waals surface area contributed by atoms with E-state index in [0.717, 1.165) is 35.1 Å². The smallest absolute Gasteiger partial charge is 0.259 e. The third kappa shape index (κ3) is 3.46. The van der Waals surface area contributed by atoms with Crippen molar-refractivity contribution in [3.05, 3.63) is 57.5 Å². The molecule has 1 aliphatic heterocycles. The molecule has 0 bridgehead atoms. The highest BCUT2D eigenvalue weighted by molar-refractivity contribution is 7.15. The lowest BCUT2D eigenvalue weighted by molar-refractivity contribution is 0.726. The first-order valence-corrected chi connectivity index (χ1v) is 10.1. The van der Waals surface area contributed by atoms with Crippen LogP contribution in [0.4, 0.5) is 11.4 Å². The summed E-state index contributed by atoms with van der Waals surface area (Å²) in [6.45, 7) is 4.70. The first-order valence-electron chi connectivity index (χ1n) is 9.27. The van der Waals surface area contributed by atoms with Gasteiger partial charge in [-0.15, -0.1) is 11.3 Å². The predicted octanol–water partition coefficient (Wildman–Crippen LogP) is 4.06. The van der Waals surface area contributed by atoms with Crippen LogP contribution in [0.25, 0.3) is 4.96 Å². The third-order valence-electron chi connectivity index (χ3n) is 4.94. The first-order chi connectivity index (χ1) is 12.7. The van der Waals surface area contributed by atoms with Crippen molar-refractivity contribution < 1.29 is 0 Å². The molecule has 136 valence electrons. The van der Waals surface area contributed by atoms with E-state index in [2.05, 4.69) is 39.5 Å². The van der Waals surface area contributed by atoms with Gasteiger partial charge in [0, 0.05) is 30.2 Å². The van der Waals surface area contributed by atoms with Crippen LogP contribution in [0.2, 0.25) is 0 Å². The fraction of sp³-hybridized carbons (Fsp3) is 0.400. The average Bonchev–Trinajstić information content (AvgIpc) is 2.85. The monoisotopic (exact) mass is 368 g/mol. The maximum atomic E-state index is 12.3. The minimum atomic E-state index is -0.00801. The summed E-state index contributed by atoms with van der Waals surface area (Å²) in [5, 5.41) is 5.47. The number of hydrogen-bond donors (Lipinski definition) is 1. The molecule has 2 aromatic heterocycles. The molecule has 1 N–H and O–H groups in total. The van der Waals surface area contributed by atoms with Crippen LogP contribution in [0.1, 0.15) is 37.1 Å². The van der Waals surface area contributed by atoms with Crippen molar-refractivity contribution in [3.63, 3.8) is 0 Å². The summed E-state index contributed by atoms with van der Waals surface area (Å²) in [7, 11) is 0. The number of para-hydroxylation sites is 2. The average molecular weight is 369 g/mol. The Bertz CT molecular complexity index is 954. The second-order valence-electron chi connectivity index (χ2n) is 6.85. The third-order valence-corrected chi connectivity index (χ3v) is 5.88. The van der Waals surface area contributed by atoms with Crippen molar-refractivity contribution in [2.45, 2.75) is 39.2 Å². The summed E-state index contributed by atoms with van der Waals surface area (Å²) in [4.78, 5) is 20.2. The highest BCUT2D eigenvalue weighted by Crippen LogP contribution is 2.28. The predicted molar refractivity (Wildman–Crippen MR) is 109 cm³/mol. The van der Waals surface area contributed by atoms with Crippen LogP contribution in [0.5, 0.6) is 0 Å². The van der Waals surface area contributed by atoms with Gasteiger partial charge in [-0.25, -0.2) is 4.98 Å². The fourth-order valence-electron chi connectivity index (χ4n) is 3.59. The van der Waals surface area contributed by atoms with Gasteiger partial charge in [0.25, 0.3) is 5.56 Å². The molecule has 0 aliphatic carbocycles. The number of aromatic nitrogens is 2. The van der Waals surface area contributed by atoms with E-state index in [9.17, 15) is 4.79 Å². The van der Waals surface area contributed by atoms with Crippen LogP contribution in [-0.4, -0.2) is 22.5 Å². The van der Waals surface area contributed by atoms with Crippen molar-refractivity contribution in [1.82, 2.24) is 9.38 Å². The number of benzene rings is 1. The van der Waals surface area contributed by atoms with Crippen LogP contribution in [-0.2, 0) is 6.54 Å². The Labute approximate surface area is 157 Å². The van der Waals surface area contributed by atoms with Crippen LogP contribution >= 0.6 is 11.3 Å². The SMILES string of the molecule is Cc1csc2nc(CNc3ccccc3N3CCCCCC3)cc(=O)n12. The summed E-state index contributed by atoms with van der Waals surface area (Å²) in [5.41, 5.74) is 4.07. The molecule has 5 nitrogen and oxygen atoms in total. The molecule has 6 heteroatoms. The highest BCUT2D eigenvalue weighted by atomic mass is 32.1. The fourth-order valence-corrected chi connectivity index (χ4v) is 4.48. The normalized spacial score (nSPS) is 15.2. The molecule has 1 aromatic carbocycles. The maximum Gasteiger partial charge on any atom is 0.259 e. The van der Waals surface area contributed by atoms with Crippen molar-refractivity contribution >= 4 is 27.7 Å². The van der Waals surface area contributed by atoms with Gasteiger partial charge in [-0.05, 0) is 31.9 Å². The molecule has 3 heterocycles. The number of anilines is 2. The van der Waals surface area contributed by atoms with Gasteiger partial charge >= 0.3 is 0 Å². The first kappa shape index (κ1) is 17.1. The summed E-state index contributed by atoms with van der Waals surface area (Å²) in [6, 6.07) is 10.1. The van der Waals surface area contributed by atoms with E-state index in [0.29, 0.717) is 6.54 Å². The molecule has 0 spiro atoms. The molecular formula is C20H24N4OS.